The summed E-state index contributed by atoms with van der Waals surface area (Å²) >= 11 is 0. The topological polar surface area (TPSA) is 68.5 Å². The minimum atomic E-state index is -3.21. The standard InChI is InChI=1S/C21H24F5N3O3/c1-14(22)10-11-18(30)29(15-7-6-8-16(13-15)31-20(23)24)12-5-3-4-9-17-27-19(32-28-17)21(2,25)26/h6-8,13,20H,1,3-5,9-12H2,2H3. The van der Waals surface area contributed by atoms with Gasteiger partial charge in [-0.3, -0.25) is 4.79 Å². The minimum absolute atomic E-state index is 0.106. The number of ether oxygens (including phenoxy) is 1. The highest BCUT2D eigenvalue weighted by atomic mass is 19.3. The lowest BCUT2D eigenvalue weighted by atomic mass is 10.1. The van der Waals surface area contributed by atoms with Gasteiger partial charge in [0.1, 0.15) is 5.75 Å². The first-order valence-electron chi connectivity index (χ1n) is 9.95. The summed E-state index contributed by atoms with van der Waals surface area (Å²) in [6.45, 7) is 1.02. The van der Waals surface area contributed by atoms with Gasteiger partial charge in [-0.25, -0.2) is 4.39 Å². The van der Waals surface area contributed by atoms with E-state index >= 15 is 0 Å². The van der Waals surface area contributed by atoms with Crippen LogP contribution in [-0.4, -0.2) is 29.2 Å². The van der Waals surface area contributed by atoms with E-state index in [2.05, 4.69) is 26.0 Å². The number of hydrogen-bond donors (Lipinski definition) is 0. The maximum atomic E-state index is 13.1. The second kappa shape index (κ2) is 11.6. The molecule has 176 valence electrons. The minimum Gasteiger partial charge on any atom is -0.435 e. The number of hydrogen-bond acceptors (Lipinski definition) is 5. The Hall–Kier alpha value is -2.98. The molecule has 0 fully saturated rings. The third kappa shape index (κ3) is 8.27. The van der Waals surface area contributed by atoms with E-state index < -0.39 is 30.2 Å². The van der Waals surface area contributed by atoms with Crippen LogP contribution < -0.4 is 9.64 Å². The van der Waals surface area contributed by atoms with Crippen molar-refractivity contribution in [2.45, 2.75) is 58.0 Å². The number of carbonyl (C=O) groups is 1. The zero-order chi connectivity index (χ0) is 23.7. The van der Waals surface area contributed by atoms with Gasteiger partial charge in [-0.2, -0.15) is 22.5 Å². The highest BCUT2D eigenvalue weighted by Crippen LogP contribution is 2.26. The van der Waals surface area contributed by atoms with Gasteiger partial charge in [-0.1, -0.05) is 24.2 Å². The van der Waals surface area contributed by atoms with Gasteiger partial charge in [0, 0.05) is 44.5 Å². The number of unbranched alkanes of at least 4 members (excludes halogenated alkanes) is 2. The van der Waals surface area contributed by atoms with Crippen LogP contribution in [0.5, 0.6) is 5.75 Å². The molecule has 0 aliphatic rings. The summed E-state index contributed by atoms with van der Waals surface area (Å²) < 4.78 is 73.2. The van der Waals surface area contributed by atoms with Crippen molar-refractivity contribution in [2.75, 3.05) is 11.4 Å². The van der Waals surface area contributed by atoms with E-state index in [4.69, 9.17) is 0 Å². The summed E-state index contributed by atoms with van der Waals surface area (Å²) in [7, 11) is 0. The first-order valence-corrected chi connectivity index (χ1v) is 9.95. The van der Waals surface area contributed by atoms with E-state index in [-0.39, 0.29) is 31.0 Å². The van der Waals surface area contributed by atoms with Gasteiger partial charge in [0.25, 0.3) is 5.89 Å². The lowest BCUT2D eigenvalue weighted by Gasteiger charge is -2.23. The molecular formula is C21H24F5N3O3. The van der Waals surface area contributed by atoms with Crippen LogP contribution in [0.3, 0.4) is 0 Å². The molecule has 1 amide bonds. The number of alkyl halides is 4. The summed E-state index contributed by atoms with van der Waals surface area (Å²) in [5, 5.41) is 3.52. The van der Waals surface area contributed by atoms with Crippen molar-refractivity contribution in [2.24, 2.45) is 0 Å². The van der Waals surface area contributed by atoms with E-state index in [9.17, 15) is 26.7 Å². The molecule has 0 aliphatic carbocycles. The number of halogens is 5. The zero-order valence-electron chi connectivity index (χ0n) is 17.5. The molecule has 11 heteroatoms. The fourth-order valence-electron chi connectivity index (χ4n) is 2.87. The Morgan fingerprint density at radius 1 is 1.25 bits per heavy atom. The summed E-state index contributed by atoms with van der Waals surface area (Å²) in [4.78, 5) is 17.6. The summed E-state index contributed by atoms with van der Waals surface area (Å²) in [6, 6.07) is 5.67. The molecule has 0 unspecified atom stereocenters. The SMILES string of the molecule is C=C(F)CCC(=O)N(CCCCCc1noc(C(C)(F)F)n1)c1cccc(OC(F)F)c1. The van der Waals surface area contributed by atoms with Gasteiger partial charge < -0.3 is 14.2 Å². The van der Waals surface area contributed by atoms with Crippen LogP contribution in [0.15, 0.2) is 41.2 Å². The predicted octanol–water partition coefficient (Wildman–Crippen LogP) is 5.79. The number of rotatable bonds is 13. The Labute approximate surface area is 182 Å². The van der Waals surface area contributed by atoms with Crippen LogP contribution in [-0.2, 0) is 17.1 Å². The number of amides is 1. The maximum Gasteiger partial charge on any atom is 0.387 e. The molecule has 6 nitrogen and oxygen atoms in total. The Morgan fingerprint density at radius 3 is 2.62 bits per heavy atom. The molecule has 0 bridgehead atoms. The number of nitrogens with zero attached hydrogens (tertiary/aromatic N) is 3. The fourth-order valence-corrected chi connectivity index (χ4v) is 2.87. The number of anilines is 1. The first-order chi connectivity index (χ1) is 15.1. The quantitative estimate of drug-likeness (QED) is 0.279. The second-order valence-corrected chi connectivity index (χ2v) is 7.15. The number of aryl methyl sites for hydroxylation is 1. The number of benzene rings is 1. The lowest BCUT2D eigenvalue weighted by molar-refractivity contribution is -0.118. The molecule has 0 N–H and O–H groups in total. The van der Waals surface area contributed by atoms with Crippen molar-refractivity contribution in [1.29, 1.82) is 0 Å². The third-order valence-corrected chi connectivity index (χ3v) is 4.39. The van der Waals surface area contributed by atoms with E-state index in [0.717, 1.165) is 0 Å². The molecule has 0 aliphatic heterocycles. The molecule has 1 aromatic heterocycles. The van der Waals surface area contributed by atoms with E-state index in [1.807, 2.05) is 0 Å². The lowest BCUT2D eigenvalue weighted by Crippen LogP contribution is -2.31. The molecule has 1 aromatic carbocycles. The van der Waals surface area contributed by atoms with Gasteiger partial charge in [0.2, 0.25) is 5.91 Å². The summed E-state index contributed by atoms with van der Waals surface area (Å²) in [5.41, 5.74) is 0.339. The number of allylic oxidation sites excluding steroid dienone is 1. The van der Waals surface area contributed by atoms with Crippen LogP contribution in [0.2, 0.25) is 0 Å². The maximum absolute atomic E-state index is 13.1. The molecule has 0 saturated heterocycles. The molecule has 0 radical (unpaired) electrons. The van der Waals surface area contributed by atoms with Gasteiger partial charge >= 0.3 is 12.5 Å². The number of carbonyl (C=O) groups excluding carboxylic acids is 1. The molecule has 1 heterocycles. The van der Waals surface area contributed by atoms with Crippen molar-refractivity contribution in [3.63, 3.8) is 0 Å². The molecular weight excluding hydrogens is 437 g/mol. The van der Waals surface area contributed by atoms with E-state index in [1.165, 1.54) is 23.1 Å². The molecule has 0 spiro atoms. The van der Waals surface area contributed by atoms with Crippen molar-refractivity contribution < 1.29 is 36.0 Å². The summed E-state index contributed by atoms with van der Waals surface area (Å²) in [5.74, 6) is -4.93. The average molecular weight is 461 g/mol. The first kappa shape index (κ1) is 25.3. The molecule has 2 aromatic rings. The van der Waals surface area contributed by atoms with Gasteiger partial charge in [0.05, 0.1) is 5.83 Å². The van der Waals surface area contributed by atoms with Crippen LogP contribution in [0.25, 0.3) is 0 Å². The van der Waals surface area contributed by atoms with Crippen LogP contribution in [0, 0.1) is 0 Å². The molecule has 0 saturated carbocycles. The van der Waals surface area contributed by atoms with Crippen molar-refractivity contribution in [3.8, 4) is 5.75 Å². The van der Waals surface area contributed by atoms with Crippen molar-refractivity contribution in [1.82, 2.24) is 10.1 Å². The normalized spacial score (nSPS) is 11.6. The highest BCUT2D eigenvalue weighted by molar-refractivity contribution is 5.93. The largest absolute Gasteiger partial charge is 0.435 e. The van der Waals surface area contributed by atoms with Crippen LogP contribution in [0.1, 0.15) is 50.7 Å². The Morgan fingerprint density at radius 2 is 2.00 bits per heavy atom. The Balaban J connectivity index is 1.95. The zero-order valence-corrected chi connectivity index (χ0v) is 17.5. The van der Waals surface area contributed by atoms with Crippen molar-refractivity contribution >= 4 is 11.6 Å². The Bertz CT molecular complexity index is 899. The third-order valence-electron chi connectivity index (χ3n) is 4.39. The molecule has 2 rings (SSSR count). The van der Waals surface area contributed by atoms with Gasteiger partial charge in [-0.15, -0.1) is 0 Å². The van der Waals surface area contributed by atoms with E-state index in [0.29, 0.717) is 38.3 Å². The fraction of sp³-hybridized carbons (Fsp3) is 0.476. The van der Waals surface area contributed by atoms with Crippen LogP contribution in [0.4, 0.5) is 27.6 Å². The molecule has 0 atom stereocenters. The Kier molecular flexibility index (Phi) is 9.15. The van der Waals surface area contributed by atoms with E-state index in [1.54, 1.807) is 6.07 Å². The highest BCUT2D eigenvalue weighted by Gasteiger charge is 2.31. The monoisotopic (exact) mass is 461 g/mol. The predicted molar refractivity (Wildman–Crippen MR) is 106 cm³/mol. The van der Waals surface area contributed by atoms with Gasteiger partial charge in [-0.05, 0) is 25.0 Å². The molecule has 32 heavy (non-hydrogen) atoms. The second-order valence-electron chi connectivity index (χ2n) is 7.15. The number of aromatic nitrogens is 2. The van der Waals surface area contributed by atoms with Gasteiger partial charge in [0.15, 0.2) is 5.82 Å². The summed E-state index contributed by atoms with van der Waals surface area (Å²) in [6.07, 6.45) is 1.69. The van der Waals surface area contributed by atoms with Crippen LogP contribution >= 0.6 is 0 Å². The average Bonchev–Trinajstić information content (AvgIpc) is 3.18. The van der Waals surface area contributed by atoms with Crippen molar-refractivity contribution in [3.05, 3.63) is 48.4 Å². The smallest absolute Gasteiger partial charge is 0.387 e.